The molecule has 8 heteroatoms. The van der Waals surface area contributed by atoms with Gasteiger partial charge in [0.25, 0.3) is 5.69 Å². The summed E-state index contributed by atoms with van der Waals surface area (Å²) in [7, 11) is 0. The third kappa shape index (κ3) is 4.80. The highest BCUT2D eigenvalue weighted by atomic mass is 16.6. The van der Waals surface area contributed by atoms with Gasteiger partial charge in [0.15, 0.2) is 0 Å². The molecule has 2 rings (SSSR count). The molecule has 24 heavy (non-hydrogen) atoms. The number of nitro groups is 1. The highest BCUT2D eigenvalue weighted by Crippen LogP contribution is 2.22. The summed E-state index contributed by atoms with van der Waals surface area (Å²) in [6.45, 7) is 1.26. The zero-order valence-corrected chi connectivity index (χ0v) is 12.9. The smallest absolute Gasteiger partial charge is 0.292 e. The van der Waals surface area contributed by atoms with Crippen molar-refractivity contribution in [3.8, 4) is 0 Å². The molecule has 0 aliphatic carbocycles. The number of nitrogens with zero attached hydrogens (tertiary/aromatic N) is 1. The van der Waals surface area contributed by atoms with Crippen LogP contribution in [0.15, 0.2) is 48.5 Å². The Labute approximate surface area is 138 Å². The number of benzene rings is 2. The van der Waals surface area contributed by atoms with Gasteiger partial charge < -0.3 is 16.0 Å². The van der Waals surface area contributed by atoms with Crippen LogP contribution in [0.4, 0.5) is 22.7 Å². The fourth-order valence-electron chi connectivity index (χ4n) is 2.04. The van der Waals surface area contributed by atoms with Gasteiger partial charge in [0.1, 0.15) is 5.69 Å². The van der Waals surface area contributed by atoms with Gasteiger partial charge in [-0.2, -0.15) is 0 Å². The predicted molar refractivity (Wildman–Crippen MR) is 91.0 cm³/mol. The van der Waals surface area contributed by atoms with E-state index >= 15 is 0 Å². The summed E-state index contributed by atoms with van der Waals surface area (Å²) < 4.78 is 0. The number of carbonyl (C=O) groups is 2. The number of nitro benzene ring substituents is 1. The largest absolute Gasteiger partial charge is 0.371 e. The molecule has 0 spiro atoms. The van der Waals surface area contributed by atoms with E-state index in [1.54, 1.807) is 36.4 Å². The summed E-state index contributed by atoms with van der Waals surface area (Å²) in [5.74, 6) is -0.579. The van der Waals surface area contributed by atoms with Crippen molar-refractivity contribution in [2.24, 2.45) is 0 Å². The van der Waals surface area contributed by atoms with E-state index in [2.05, 4.69) is 16.0 Å². The first kappa shape index (κ1) is 16.9. The minimum atomic E-state index is -0.517. The molecule has 124 valence electrons. The molecule has 0 saturated carbocycles. The number of hydrogen-bond acceptors (Lipinski definition) is 5. The Balaban J connectivity index is 1.97. The molecule has 0 aliphatic rings. The summed E-state index contributed by atoms with van der Waals surface area (Å²) in [6.07, 6.45) is 0. The molecule has 2 aromatic rings. The summed E-state index contributed by atoms with van der Waals surface area (Å²) in [6, 6.07) is 12.8. The lowest BCUT2D eigenvalue weighted by Gasteiger charge is -2.09. The van der Waals surface area contributed by atoms with Crippen LogP contribution in [0.1, 0.15) is 6.92 Å². The fraction of sp³-hybridized carbons (Fsp3) is 0.125. The van der Waals surface area contributed by atoms with Crippen LogP contribution < -0.4 is 16.0 Å². The molecule has 2 amide bonds. The minimum Gasteiger partial charge on any atom is -0.371 e. The first-order valence-corrected chi connectivity index (χ1v) is 7.10. The van der Waals surface area contributed by atoms with E-state index in [1.807, 2.05) is 0 Å². The monoisotopic (exact) mass is 328 g/mol. The Morgan fingerprint density at radius 3 is 2.38 bits per heavy atom. The van der Waals surface area contributed by atoms with E-state index in [-0.39, 0.29) is 29.7 Å². The van der Waals surface area contributed by atoms with Crippen LogP contribution >= 0.6 is 0 Å². The summed E-state index contributed by atoms with van der Waals surface area (Å²) in [4.78, 5) is 33.4. The van der Waals surface area contributed by atoms with Gasteiger partial charge in [-0.15, -0.1) is 0 Å². The maximum Gasteiger partial charge on any atom is 0.292 e. The zero-order chi connectivity index (χ0) is 17.5. The SMILES string of the molecule is CC(=O)Nc1cccc(NC(=O)CNc2ccccc2[N+](=O)[O-])c1. The van der Waals surface area contributed by atoms with Crippen molar-refractivity contribution in [1.29, 1.82) is 0 Å². The molecule has 2 aromatic carbocycles. The van der Waals surface area contributed by atoms with Crippen LogP contribution in [0, 0.1) is 10.1 Å². The third-order valence-electron chi connectivity index (χ3n) is 3.01. The Hall–Kier alpha value is -3.42. The van der Waals surface area contributed by atoms with Gasteiger partial charge in [-0.1, -0.05) is 18.2 Å². The van der Waals surface area contributed by atoms with E-state index in [1.165, 1.54) is 19.1 Å². The summed E-state index contributed by atoms with van der Waals surface area (Å²) in [5, 5.41) is 18.9. The molecule has 0 heterocycles. The first-order valence-electron chi connectivity index (χ1n) is 7.10. The number of nitrogens with one attached hydrogen (secondary N) is 3. The van der Waals surface area contributed by atoms with Gasteiger partial charge in [0, 0.05) is 24.4 Å². The van der Waals surface area contributed by atoms with Gasteiger partial charge in [0.05, 0.1) is 11.5 Å². The second kappa shape index (κ2) is 7.73. The molecule has 8 nitrogen and oxygen atoms in total. The predicted octanol–water partition coefficient (Wildman–Crippen LogP) is 2.60. The number of para-hydroxylation sites is 2. The minimum absolute atomic E-state index is 0.0991. The molecule has 0 aliphatic heterocycles. The maximum absolute atomic E-state index is 12.0. The lowest BCUT2D eigenvalue weighted by atomic mass is 10.2. The molecular weight excluding hydrogens is 312 g/mol. The molecule has 0 bridgehead atoms. The lowest BCUT2D eigenvalue weighted by Crippen LogP contribution is -2.22. The second-order valence-electron chi connectivity index (χ2n) is 4.94. The van der Waals surface area contributed by atoms with E-state index in [9.17, 15) is 19.7 Å². The van der Waals surface area contributed by atoms with Crippen molar-refractivity contribution in [2.45, 2.75) is 6.92 Å². The quantitative estimate of drug-likeness (QED) is 0.557. The van der Waals surface area contributed by atoms with Crippen LogP contribution in [-0.4, -0.2) is 23.3 Å². The van der Waals surface area contributed by atoms with Crippen molar-refractivity contribution in [3.05, 3.63) is 58.6 Å². The van der Waals surface area contributed by atoms with Crippen molar-refractivity contribution >= 4 is 34.6 Å². The van der Waals surface area contributed by atoms with Crippen LogP contribution in [0.25, 0.3) is 0 Å². The van der Waals surface area contributed by atoms with Gasteiger partial charge in [-0.3, -0.25) is 19.7 Å². The van der Waals surface area contributed by atoms with E-state index in [0.29, 0.717) is 11.4 Å². The van der Waals surface area contributed by atoms with E-state index in [0.717, 1.165) is 0 Å². The summed E-state index contributed by atoms with van der Waals surface area (Å²) >= 11 is 0. The van der Waals surface area contributed by atoms with Gasteiger partial charge in [-0.05, 0) is 24.3 Å². The summed E-state index contributed by atoms with van der Waals surface area (Å²) in [5.41, 5.74) is 1.24. The molecule has 0 atom stereocenters. The number of rotatable bonds is 6. The van der Waals surface area contributed by atoms with Crippen molar-refractivity contribution in [1.82, 2.24) is 0 Å². The molecule has 3 N–H and O–H groups in total. The molecule has 0 fully saturated rings. The van der Waals surface area contributed by atoms with Crippen molar-refractivity contribution in [3.63, 3.8) is 0 Å². The second-order valence-corrected chi connectivity index (χ2v) is 4.94. The molecule has 0 unspecified atom stereocenters. The standard InChI is InChI=1S/C16H16N4O4/c1-11(21)18-12-5-4-6-13(9-12)19-16(22)10-17-14-7-2-3-8-15(14)20(23)24/h2-9,17H,10H2,1H3,(H,18,21)(H,19,22). The van der Waals surface area contributed by atoms with Crippen LogP contribution in [0.2, 0.25) is 0 Å². The number of anilines is 3. The number of carbonyl (C=O) groups excluding carboxylic acids is 2. The van der Waals surface area contributed by atoms with Crippen molar-refractivity contribution in [2.75, 3.05) is 22.5 Å². The maximum atomic E-state index is 12.0. The van der Waals surface area contributed by atoms with Crippen LogP contribution in [-0.2, 0) is 9.59 Å². The Morgan fingerprint density at radius 2 is 1.71 bits per heavy atom. The highest BCUT2D eigenvalue weighted by Gasteiger charge is 2.13. The lowest BCUT2D eigenvalue weighted by molar-refractivity contribution is -0.383. The zero-order valence-electron chi connectivity index (χ0n) is 12.9. The average molecular weight is 328 g/mol. The van der Waals surface area contributed by atoms with Gasteiger partial charge >= 0.3 is 0 Å². The topological polar surface area (TPSA) is 113 Å². The highest BCUT2D eigenvalue weighted by molar-refractivity contribution is 5.95. The van der Waals surface area contributed by atoms with Crippen molar-refractivity contribution < 1.29 is 14.5 Å². The first-order chi connectivity index (χ1) is 11.5. The Kier molecular flexibility index (Phi) is 5.45. The van der Waals surface area contributed by atoms with Crippen LogP contribution in [0.5, 0.6) is 0 Å². The number of amides is 2. The molecule has 0 radical (unpaired) electrons. The van der Waals surface area contributed by atoms with Gasteiger partial charge in [0.2, 0.25) is 11.8 Å². The number of hydrogen-bond donors (Lipinski definition) is 3. The fourth-order valence-corrected chi connectivity index (χ4v) is 2.04. The normalized spacial score (nSPS) is 9.88. The van der Waals surface area contributed by atoms with Gasteiger partial charge in [-0.25, -0.2) is 0 Å². The average Bonchev–Trinajstić information content (AvgIpc) is 2.53. The van der Waals surface area contributed by atoms with Crippen LogP contribution in [0.3, 0.4) is 0 Å². The Bertz CT molecular complexity index is 776. The molecular formula is C16H16N4O4. The Morgan fingerprint density at radius 1 is 1.04 bits per heavy atom. The van der Waals surface area contributed by atoms with E-state index in [4.69, 9.17) is 0 Å². The molecule has 0 aromatic heterocycles. The third-order valence-corrected chi connectivity index (χ3v) is 3.01. The van der Waals surface area contributed by atoms with E-state index < -0.39 is 4.92 Å². The molecule has 0 saturated heterocycles.